The van der Waals surface area contributed by atoms with Gasteiger partial charge in [-0.2, -0.15) is 0 Å². The standard InChI is InChI=1S/C11H10NO2.Y/c1-6-5-9(11(13)14)10-8(7(6)2)3-4-12-10;/h3-4,12H,1-2H3,(H,13,14);/q-1;. The molecule has 1 radical (unpaired) electrons. The molecule has 2 aromatic rings. The molecule has 0 saturated carbocycles. The van der Waals surface area contributed by atoms with Gasteiger partial charge in [-0.3, -0.25) is 0 Å². The van der Waals surface area contributed by atoms with Crippen LogP contribution in [0.15, 0.2) is 12.3 Å². The van der Waals surface area contributed by atoms with Crippen molar-refractivity contribution >= 4 is 16.9 Å². The van der Waals surface area contributed by atoms with E-state index in [9.17, 15) is 4.79 Å². The van der Waals surface area contributed by atoms with Crippen molar-refractivity contribution in [3.05, 3.63) is 35.0 Å². The molecule has 0 spiro atoms. The number of H-pyrrole nitrogens is 1. The van der Waals surface area contributed by atoms with Gasteiger partial charge in [-0.25, -0.2) is 0 Å². The Morgan fingerprint density at radius 3 is 2.73 bits per heavy atom. The first-order valence-electron chi connectivity index (χ1n) is 4.34. The van der Waals surface area contributed by atoms with Crippen LogP contribution in [0, 0.1) is 19.9 Å². The molecular formula is C11H10NO2Y-. The van der Waals surface area contributed by atoms with Crippen molar-refractivity contribution in [1.29, 1.82) is 0 Å². The third-order valence-electron chi connectivity index (χ3n) is 2.49. The maximum atomic E-state index is 10.9. The number of aromatic nitrogens is 1. The molecule has 0 aliphatic heterocycles. The van der Waals surface area contributed by atoms with E-state index in [1.165, 1.54) is 0 Å². The van der Waals surface area contributed by atoms with Crippen molar-refractivity contribution in [1.82, 2.24) is 4.98 Å². The number of hydrogen-bond donors (Lipinski definition) is 2. The number of aromatic carboxylic acids is 1. The average molecular weight is 277 g/mol. The van der Waals surface area contributed by atoms with Gasteiger partial charge in [0.25, 0.3) is 0 Å². The predicted molar refractivity (Wildman–Crippen MR) is 53.6 cm³/mol. The van der Waals surface area contributed by atoms with Gasteiger partial charge in [0.1, 0.15) is 0 Å². The molecule has 15 heavy (non-hydrogen) atoms. The van der Waals surface area contributed by atoms with E-state index in [1.807, 2.05) is 19.9 Å². The summed E-state index contributed by atoms with van der Waals surface area (Å²) in [6, 6.07) is 4.76. The summed E-state index contributed by atoms with van der Waals surface area (Å²) in [7, 11) is 0. The summed E-state index contributed by atoms with van der Waals surface area (Å²) in [6.45, 7) is 3.84. The van der Waals surface area contributed by atoms with E-state index in [-0.39, 0.29) is 38.3 Å². The second-order valence-electron chi connectivity index (χ2n) is 3.32. The Labute approximate surface area is 113 Å². The molecule has 1 aromatic heterocycles. The molecule has 0 aliphatic carbocycles. The van der Waals surface area contributed by atoms with E-state index >= 15 is 0 Å². The maximum absolute atomic E-state index is 10.9. The van der Waals surface area contributed by atoms with Gasteiger partial charge in [-0.05, 0) is 17.3 Å². The molecule has 75 valence electrons. The number of aromatic amines is 1. The molecule has 1 aromatic carbocycles. The molecule has 0 fully saturated rings. The summed E-state index contributed by atoms with van der Waals surface area (Å²) in [5.41, 5.74) is 2.83. The van der Waals surface area contributed by atoms with E-state index < -0.39 is 5.97 Å². The van der Waals surface area contributed by atoms with Gasteiger partial charge >= 0.3 is 0 Å². The van der Waals surface area contributed by atoms with Gasteiger partial charge in [0.15, 0.2) is 0 Å². The first-order valence-corrected chi connectivity index (χ1v) is 4.34. The zero-order valence-electron chi connectivity index (χ0n) is 8.59. The minimum absolute atomic E-state index is 0. The second-order valence-corrected chi connectivity index (χ2v) is 3.32. The molecule has 0 aliphatic rings. The van der Waals surface area contributed by atoms with Crippen LogP contribution in [-0.2, 0) is 32.7 Å². The zero-order chi connectivity index (χ0) is 10.3. The van der Waals surface area contributed by atoms with Crippen LogP contribution < -0.4 is 0 Å². The molecule has 2 rings (SSSR count). The van der Waals surface area contributed by atoms with Crippen LogP contribution in [0.1, 0.15) is 21.5 Å². The first kappa shape index (κ1) is 12.4. The van der Waals surface area contributed by atoms with Gasteiger partial charge in [0.2, 0.25) is 5.97 Å². The first-order chi connectivity index (χ1) is 6.61. The molecule has 4 heteroatoms. The maximum Gasteiger partial charge on any atom is 0.249 e. The topological polar surface area (TPSA) is 53.1 Å². The van der Waals surface area contributed by atoms with Gasteiger partial charge in [0.05, 0.1) is 0 Å². The van der Waals surface area contributed by atoms with Crippen molar-refractivity contribution in [3.8, 4) is 0 Å². The van der Waals surface area contributed by atoms with Crippen molar-refractivity contribution < 1.29 is 42.6 Å². The van der Waals surface area contributed by atoms with Gasteiger partial charge in [-0.1, -0.05) is 25.3 Å². The number of carbonyl (C=O) groups is 1. The molecule has 3 nitrogen and oxygen atoms in total. The van der Waals surface area contributed by atoms with Gasteiger partial charge in [0, 0.05) is 32.7 Å². The number of carboxylic acids is 1. The van der Waals surface area contributed by atoms with Crippen LogP contribution in [0.25, 0.3) is 10.9 Å². The fourth-order valence-electron chi connectivity index (χ4n) is 1.59. The summed E-state index contributed by atoms with van der Waals surface area (Å²) in [4.78, 5) is 13.9. The molecule has 1 heterocycles. The number of nitrogens with one attached hydrogen (secondary N) is 1. The van der Waals surface area contributed by atoms with E-state index in [4.69, 9.17) is 5.11 Å². The summed E-state index contributed by atoms with van der Waals surface area (Å²) in [5, 5.41) is 9.92. The number of rotatable bonds is 1. The second kappa shape index (κ2) is 4.46. The normalized spacial score (nSPS) is 10.0. The van der Waals surface area contributed by atoms with Gasteiger partial charge in [-0.15, -0.1) is 17.2 Å². The predicted octanol–water partition coefficient (Wildman–Crippen LogP) is 2.28. The number of carboxylic acid groups (broad SMARTS) is 1. The van der Waals surface area contributed by atoms with E-state index in [1.54, 1.807) is 6.20 Å². The Morgan fingerprint density at radius 2 is 2.13 bits per heavy atom. The summed E-state index contributed by atoms with van der Waals surface area (Å²) in [6.07, 6.45) is 1.75. The van der Waals surface area contributed by atoms with Crippen molar-refractivity contribution in [2.45, 2.75) is 13.8 Å². The Balaban J connectivity index is 0.00000112. The Bertz CT molecular complexity index is 517. The number of fused-ring (bicyclic) bond motifs is 1. The monoisotopic (exact) mass is 277 g/mol. The summed E-state index contributed by atoms with van der Waals surface area (Å²) in [5.74, 6) is -0.944. The van der Waals surface area contributed by atoms with Gasteiger partial charge < -0.3 is 14.9 Å². The fraction of sp³-hybridized carbons (Fsp3) is 0.182. The van der Waals surface area contributed by atoms with Crippen LogP contribution in [-0.4, -0.2) is 16.1 Å². The van der Waals surface area contributed by atoms with Crippen LogP contribution in [0.3, 0.4) is 0 Å². The number of aryl methyl sites for hydroxylation is 2. The average Bonchev–Trinajstić information content (AvgIpc) is 2.59. The zero-order valence-corrected chi connectivity index (χ0v) is 11.4. The Hall–Kier alpha value is -0.666. The third-order valence-corrected chi connectivity index (χ3v) is 2.49. The van der Waals surface area contributed by atoms with E-state index in [2.05, 4.69) is 11.1 Å². The quantitative estimate of drug-likeness (QED) is 0.786. The van der Waals surface area contributed by atoms with Crippen LogP contribution in [0.4, 0.5) is 0 Å². The van der Waals surface area contributed by atoms with Crippen molar-refractivity contribution in [2.24, 2.45) is 0 Å². The molecule has 0 unspecified atom stereocenters. The van der Waals surface area contributed by atoms with E-state index in [0.717, 1.165) is 16.5 Å². The van der Waals surface area contributed by atoms with Crippen LogP contribution in [0.5, 0.6) is 0 Å². The molecule has 0 bridgehead atoms. The molecule has 2 N–H and O–H groups in total. The molecule has 0 atom stereocenters. The van der Waals surface area contributed by atoms with Crippen LogP contribution >= 0.6 is 0 Å². The van der Waals surface area contributed by atoms with Crippen LogP contribution in [0.2, 0.25) is 0 Å². The molecule has 0 saturated heterocycles. The third kappa shape index (κ3) is 1.99. The minimum atomic E-state index is -0.944. The largest absolute Gasteiger partial charge is 0.521 e. The molecule has 0 amide bonds. The van der Waals surface area contributed by atoms with E-state index in [0.29, 0.717) is 5.52 Å². The Kier molecular flexibility index (Phi) is 3.69. The van der Waals surface area contributed by atoms with Crippen molar-refractivity contribution in [3.63, 3.8) is 0 Å². The Morgan fingerprint density at radius 1 is 1.47 bits per heavy atom. The summed E-state index contributed by atoms with van der Waals surface area (Å²) >= 11 is 0. The number of benzene rings is 1. The minimum Gasteiger partial charge on any atom is -0.521 e. The smallest absolute Gasteiger partial charge is 0.249 e. The summed E-state index contributed by atoms with van der Waals surface area (Å²) < 4.78 is 0. The van der Waals surface area contributed by atoms with Crippen molar-refractivity contribution in [2.75, 3.05) is 0 Å². The number of hydrogen-bond acceptors (Lipinski definition) is 1. The fourth-order valence-corrected chi connectivity index (χ4v) is 1.59. The SMILES string of the molecule is Cc1[c-]c(C(=O)O)c2[nH]ccc2c1C.[Y]. The molecular weight excluding hydrogens is 267 g/mol.